The van der Waals surface area contributed by atoms with Crippen molar-refractivity contribution in [3.8, 4) is 11.5 Å². The van der Waals surface area contributed by atoms with Gasteiger partial charge in [0, 0.05) is 11.4 Å². The van der Waals surface area contributed by atoms with E-state index < -0.39 is 0 Å². The molecule has 0 amide bonds. The van der Waals surface area contributed by atoms with E-state index in [1.54, 1.807) is 29.8 Å². The fourth-order valence-corrected chi connectivity index (χ4v) is 4.56. The van der Waals surface area contributed by atoms with Gasteiger partial charge in [0.05, 0.1) is 25.5 Å². The van der Waals surface area contributed by atoms with Crippen LogP contribution in [-0.4, -0.2) is 18.7 Å². The second-order valence-electron chi connectivity index (χ2n) is 6.38. The van der Waals surface area contributed by atoms with Crippen molar-refractivity contribution in [3.63, 3.8) is 0 Å². The summed E-state index contributed by atoms with van der Waals surface area (Å²) in [5.74, 6) is 1.55. The Bertz CT molecular complexity index is 840. The molecule has 2 heterocycles. The number of methoxy groups -OCH3 is 1. The molecule has 2 aromatic heterocycles. The van der Waals surface area contributed by atoms with Gasteiger partial charge in [-0.3, -0.25) is 0 Å². The molecule has 1 aromatic carbocycles. The maximum Gasteiger partial charge on any atom is 0.161 e. The van der Waals surface area contributed by atoms with Crippen molar-refractivity contribution in [2.45, 2.75) is 39.8 Å². The number of rotatable bonds is 9. The van der Waals surface area contributed by atoms with Crippen molar-refractivity contribution in [3.05, 3.63) is 61.7 Å². The molecule has 0 saturated carbocycles. The second-order valence-corrected chi connectivity index (χ2v) is 8.40. The molecule has 144 valence electrons. The third-order valence-electron chi connectivity index (χ3n) is 4.44. The predicted octanol–water partition coefficient (Wildman–Crippen LogP) is 5.30. The van der Waals surface area contributed by atoms with Crippen molar-refractivity contribution >= 4 is 22.7 Å². The Kier molecular flexibility index (Phi) is 6.88. The molecule has 1 unspecified atom stereocenters. The van der Waals surface area contributed by atoms with Crippen molar-refractivity contribution < 1.29 is 9.47 Å². The van der Waals surface area contributed by atoms with Gasteiger partial charge in [0.15, 0.2) is 11.5 Å². The van der Waals surface area contributed by atoms with E-state index in [9.17, 15) is 0 Å². The van der Waals surface area contributed by atoms with Crippen molar-refractivity contribution in [2.24, 2.45) is 0 Å². The summed E-state index contributed by atoms with van der Waals surface area (Å²) < 4.78 is 11.1. The molecule has 0 fully saturated rings. The van der Waals surface area contributed by atoms with Crippen LogP contribution in [0.4, 0.5) is 0 Å². The van der Waals surface area contributed by atoms with E-state index in [0.717, 1.165) is 35.2 Å². The van der Waals surface area contributed by atoms with E-state index in [1.807, 2.05) is 13.0 Å². The fraction of sp³-hybridized carbons (Fsp3) is 0.381. The number of benzene rings is 1. The number of aryl methyl sites for hydroxylation is 2. The van der Waals surface area contributed by atoms with Crippen LogP contribution in [0.2, 0.25) is 0 Å². The Labute approximate surface area is 169 Å². The minimum Gasteiger partial charge on any atom is -0.493 e. The summed E-state index contributed by atoms with van der Waals surface area (Å²) >= 11 is 3.52. The highest BCUT2D eigenvalue weighted by Gasteiger charge is 2.18. The highest BCUT2D eigenvalue weighted by molar-refractivity contribution is 7.11. The van der Waals surface area contributed by atoms with Gasteiger partial charge in [-0.15, -0.1) is 11.3 Å². The summed E-state index contributed by atoms with van der Waals surface area (Å²) in [5.41, 5.74) is 3.63. The molecule has 1 atom stereocenters. The first-order chi connectivity index (χ1) is 13.1. The molecule has 27 heavy (non-hydrogen) atoms. The van der Waals surface area contributed by atoms with Gasteiger partial charge in [-0.05, 0) is 67.3 Å². The first-order valence-electron chi connectivity index (χ1n) is 9.08. The zero-order valence-electron chi connectivity index (χ0n) is 16.2. The lowest BCUT2D eigenvalue weighted by Crippen LogP contribution is -2.23. The number of hydrogen-bond donors (Lipinski definition) is 1. The first kappa shape index (κ1) is 19.9. The van der Waals surface area contributed by atoms with Crippen LogP contribution < -0.4 is 14.8 Å². The van der Waals surface area contributed by atoms with Crippen molar-refractivity contribution in [2.75, 3.05) is 13.7 Å². The third-order valence-corrected chi connectivity index (χ3v) is 6.36. The van der Waals surface area contributed by atoms with Gasteiger partial charge in [0.2, 0.25) is 0 Å². The normalized spacial score (nSPS) is 12.1. The monoisotopic (exact) mass is 402 g/mol. The number of nitrogens with zero attached hydrogens (tertiary/aromatic N) is 1. The number of aromatic nitrogens is 1. The SMILES string of the molecule is CCOc1cc(CNC(Cc2ccsc2)c2nc(C)c(C)s2)ccc1OC. The van der Waals surface area contributed by atoms with E-state index in [2.05, 4.69) is 48.1 Å². The zero-order valence-corrected chi connectivity index (χ0v) is 17.9. The van der Waals surface area contributed by atoms with Crippen molar-refractivity contribution in [1.82, 2.24) is 10.3 Å². The molecule has 0 aliphatic carbocycles. The van der Waals surface area contributed by atoms with Crippen molar-refractivity contribution in [1.29, 1.82) is 0 Å². The predicted molar refractivity (Wildman–Crippen MR) is 113 cm³/mol. The summed E-state index contributed by atoms with van der Waals surface area (Å²) in [6.07, 6.45) is 0.935. The topological polar surface area (TPSA) is 43.4 Å². The molecule has 0 spiro atoms. The Morgan fingerprint density at radius 2 is 2.00 bits per heavy atom. The second kappa shape index (κ2) is 9.35. The lowest BCUT2D eigenvalue weighted by atomic mass is 10.1. The van der Waals surface area contributed by atoms with Gasteiger partial charge in [-0.2, -0.15) is 11.3 Å². The van der Waals surface area contributed by atoms with E-state index in [-0.39, 0.29) is 6.04 Å². The highest BCUT2D eigenvalue weighted by atomic mass is 32.1. The highest BCUT2D eigenvalue weighted by Crippen LogP contribution is 2.30. The van der Waals surface area contributed by atoms with Crippen LogP contribution in [0.15, 0.2) is 35.0 Å². The molecule has 0 aliphatic rings. The standard InChI is InChI=1S/C21H26N2O2S2/c1-5-25-20-11-16(6-7-19(20)24-4)12-22-18(10-17-8-9-26-13-17)21-23-14(2)15(3)27-21/h6-9,11,13,18,22H,5,10,12H2,1-4H3. The largest absolute Gasteiger partial charge is 0.493 e. The van der Waals surface area contributed by atoms with Crippen LogP contribution in [0.5, 0.6) is 11.5 Å². The van der Waals surface area contributed by atoms with Crippen LogP contribution >= 0.6 is 22.7 Å². The molecule has 0 aliphatic heterocycles. The lowest BCUT2D eigenvalue weighted by Gasteiger charge is -2.17. The molecule has 3 aromatic rings. The Hall–Kier alpha value is -1.89. The minimum atomic E-state index is 0.189. The quantitative estimate of drug-likeness (QED) is 0.527. The Morgan fingerprint density at radius 3 is 2.63 bits per heavy atom. The van der Waals surface area contributed by atoms with E-state index in [0.29, 0.717) is 6.61 Å². The molecule has 6 heteroatoms. The van der Waals surface area contributed by atoms with Gasteiger partial charge in [0.1, 0.15) is 5.01 Å². The van der Waals surface area contributed by atoms with E-state index in [1.165, 1.54) is 16.0 Å². The molecule has 0 radical (unpaired) electrons. The molecule has 3 rings (SSSR count). The minimum absolute atomic E-state index is 0.189. The molecule has 0 saturated heterocycles. The molecule has 0 bridgehead atoms. The maximum absolute atomic E-state index is 5.70. The summed E-state index contributed by atoms with van der Waals surface area (Å²) in [7, 11) is 1.67. The summed E-state index contributed by atoms with van der Waals surface area (Å²) in [5, 5.41) is 9.18. The summed E-state index contributed by atoms with van der Waals surface area (Å²) in [6, 6.07) is 8.47. The van der Waals surface area contributed by atoms with Gasteiger partial charge in [-0.1, -0.05) is 6.07 Å². The average Bonchev–Trinajstić information content (AvgIpc) is 3.29. The van der Waals surface area contributed by atoms with E-state index in [4.69, 9.17) is 14.5 Å². The summed E-state index contributed by atoms with van der Waals surface area (Å²) in [6.45, 7) is 7.56. The van der Waals surface area contributed by atoms with Crippen LogP contribution in [0, 0.1) is 13.8 Å². The lowest BCUT2D eigenvalue weighted by molar-refractivity contribution is 0.310. The average molecular weight is 403 g/mol. The third kappa shape index (κ3) is 5.09. The Morgan fingerprint density at radius 1 is 1.15 bits per heavy atom. The number of nitrogens with one attached hydrogen (secondary N) is 1. The summed E-state index contributed by atoms with van der Waals surface area (Å²) in [4.78, 5) is 6.08. The van der Waals surface area contributed by atoms with Gasteiger partial charge in [-0.25, -0.2) is 4.98 Å². The molecular formula is C21H26N2O2S2. The fourth-order valence-electron chi connectivity index (χ4n) is 2.88. The van der Waals surface area contributed by atoms with Gasteiger partial charge >= 0.3 is 0 Å². The maximum atomic E-state index is 5.70. The number of thiazole rings is 1. The smallest absolute Gasteiger partial charge is 0.161 e. The molecular weight excluding hydrogens is 376 g/mol. The van der Waals surface area contributed by atoms with E-state index >= 15 is 0 Å². The van der Waals surface area contributed by atoms with Crippen LogP contribution in [0.3, 0.4) is 0 Å². The van der Waals surface area contributed by atoms with Crippen LogP contribution in [-0.2, 0) is 13.0 Å². The first-order valence-corrected chi connectivity index (χ1v) is 10.8. The molecule has 1 N–H and O–H groups in total. The molecule has 4 nitrogen and oxygen atoms in total. The number of hydrogen-bond acceptors (Lipinski definition) is 6. The number of ether oxygens (including phenoxy) is 2. The van der Waals surface area contributed by atoms with Crippen LogP contribution in [0.1, 0.15) is 39.7 Å². The van der Waals surface area contributed by atoms with Gasteiger partial charge < -0.3 is 14.8 Å². The zero-order chi connectivity index (χ0) is 19.2. The van der Waals surface area contributed by atoms with Gasteiger partial charge in [0.25, 0.3) is 0 Å². The van der Waals surface area contributed by atoms with Crippen LogP contribution in [0.25, 0.3) is 0 Å². The number of thiophene rings is 1. The Balaban J connectivity index is 1.77.